The molecule has 0 aliphatic carbocycles. The average molecular weight is 382 g/mol. The molecule has 2 heterocycles. The van der Waals surface area contributed by atoms with Crippen LogP contribution in [0.3, 0.4) is 0 Å². The Morgan fingerprint density at radius 3 is 2.59 bits per heavy atom. The van der Waals surface area contributed by atoms with Gasteiger partial charge in [-0.25, -0.2) is 0 Å². The summed E-state index contributed by atoms with van der Waals surface area (Å²) in [5.74, 6) is 1.05. The minimum absolute atomic E-state index is 0.00846. The topological polar surface area (TPSA) is 58.2 Å². The van der Waals surface area contributed by atoms with Crippen molar-refractivity contribution in [1.82, 2.24) is 4.57 Å². The second-order valence-electron chi connectivity index (χ2n) is 6.12. The van der Waals surface area contributed by atoms with Crippen LogP contribution in [0.4, 0.5) is 0 Å². The van der Waals surface area contributed by atoms with Crippen molar-refractivity contribution in [2.24, 2.45) is 0 Å². The van der Waals surface area contributed by atoms with Gasteiger partial charge in [-0.05, 0) is 68.9 Å². The zero-order valence-corrected chi connectivity index (χ0v) is 16.5. The first kappa shape index (κ1) is 19.0. The largest absolute Gasteiger partial charge is 0.618 e. The van der Waals surface area contributed by atoms with Gasteiger partial charge in [-0.2, -0.15) is 4.73 Å². The first-order chi connectivity index (χ1) is 13.0. The molecule has 0 bridgehead atoms. The second-order valence-corrected chi connectivity index (χ2v) is 7.12. The summed E-state index contributed by atoms with van der Waals surface area (Å²) in [4.78, 5) is 12.7. The van der Waals surface area contributed by atoms with Gasteiger partial charge in [0.2, 0.25) is 0 Å². The molecule has 0 aliphatic rings. The van der Waals surface area contributed by atoms with Gasteiger partial charge in [0, 0.05) is 34.8 Å². The van der Waals surface area contributed by atoms with Crippen molar-refractivity contribution in [1.29, 1.82) is 0 Å². The van der Waals surface area contributed by atoms with E-state index in [1.807, 2.05) is 51.1 Å². The van der Waals surface area contributed by atoms with E-state index >= 15 is 0 Å². The first-order valence-electron chi connectivity index (χ1n) is 8.77. The predicted octanol–water partition coefficient (Wildman–Crippen LogP) is 4.10. The molecule has 0 saturated carbocycles. The maximum atomic E-state index is 12.7. The highest BCUT2D eigenvalue weighted by Gasteiger charge is 2.18. The van der Waals surface area contributed by atoms with Crippen molar-refractivity contribution in [3.8, 4) is 11.4 Å². The molecule has 27 heavy (non-hydrogen) atoms. The van der Waals surface area contributed by atoms with Gasteiger partial charge in [-0.1, -0.05) is 0 Å². The molecule has 0 saturated heterocycles. The summed E-state index contributed by atoms with van der Waals surface area (Å²) in [5.41, 5.74) is 3.55. The monoisotopic (exact) mass is 382 g/mol. The lowest BCUT2D eigenvalue weighted by molar-refractivity contribution is -0.645. The quantitative estimate of drug-likeness (QED) is 0.267. The van der Waals surface area contributed by atoms with Crippen LogP contribution in [-0.4, -0.2) is 22.7 Å². The fraction of sp³-hybridized carbons (Fsp3) is 0.238. The number of hydrogen-bond donors (Lipinski definition) is 0. The average Bonchev–Trinajstić information content (AvgIpc) is 2.96. The highest BCUT2D eigenvalue weighted by Crippen LogP contribution is 2.24. The Hall–Kier alpha value is -2.73. The Kier molecular flexibility index (Phi) is 5.86. The molecule has 2 aromatic heterocycles. The molecule has 5 nitrogen and oxygen atoms in total. The molecular formula is C21H22N2O3S. The Labute approximate surface area is 163 Å². The molecule has 0 aliphatic heterocycles. The van der Waals surface area contributed by atoms with E-state index in [4.69, 9.17) is 4.74 Å². The lowest BCUT2D eigenvalue weighted by atomic mass is 10.2. The summed E-state index contributed by atoms with van der Waals surface area (Å²) < 4.78 is 8.33. The first-order valence-corrected chi connectivity index (χ1v) is 9.76. The van der Waals surface area contributed by atoms with Crippen molar-refractivity contribution in [3.63, 3.8) is 0 Å². The van der Waals surface area contributed by atoms with Gasteiger partial charge in [-0.3, -0.25) is 4.79 Å². The summed E-state index contributed by atoms with van der Waals surface area (Å²) in [6, 6.07) is 14.9. The van der Waals surface area contributed by atoms with E-state index in [9.17, 15) is 10.0 Å². The van der Waals surface area contributed by atoms with Gasteiger partial charge >= 0.3 is 0 Å². The van der Waals surface area contributed by atoms with Crippen molar-refractivity contribution >= 4 is 17.5 Å². The number of benzene rings is 1. The van der Waals surface area contributed by atoms with Gasteiger partial charge in [0.1, 0.15) is 5.75 Å². The van der Waals surface area contributed by atoms with E-state index in [0.29, 0.717) is 17.2 Å². The van der Waals surface area contributed by atoms with E-state index in [1.165, 1.54) is 18.0 Å². The molecule has 0 amide bonds. The number of carbonyl (C=O) groups excluding carboxylic acids is 1. The number of thioether (sulfide) groups is 1. The lowest BCUT2D eigenvalue weighted by Crippen LogP contribution is -2.28. The maximum Gasteiger partial charge on any atom is 0.251 e. The molecule has 1 aromatic carbocycles. The predicted molar refractivity (Wildman–Crippen MR) is 107 cm³/mol. The number of ether oxygens (including phenoxy) is 1. The number of aromatic nitrogens is 2. The summed E-state index contributed by atoms with van der Waals surface area (Å²) >= 11 is 1.25. The van der Waals surface area contributed by atoms with E-state index in [1.54, 1.807) is 18.2 Å². The van der Waals surface area contributed by atoms with Crippen LogP contribution in [0.2, 0.25) is 0 Å². The number of hydrogen-bond acceptors (Lipinski definition) is 4. The van der Waals surface area contributed by atoms with Crippen LogP contribution in [0.15, 0.2) is 59.8 Å². The molecule has 3 aromatic rings. The van der Waals surface area contributed by atoms with E-state index in [2.05, 4.69) is 4.57 Å². The van der Waals surface area contributed by atoms with Crippen molar-refractivity contribution in [2.45, 2.75) is 25.8 Å². The van der Waals surface area contributed by atoms with E-state index < -0.39 is 0 Å². The molecule has 0 spiro atoms. The molecule has 0 unspecified atom stereocenters. The Bertz CT molecular complexity index is 949. The fourth-order valence-corrected chi connectivity index (χ4v) is 3.84. The van der Waals surface area contributed by atoms with Gasteiger partial charge in [0.05, 0.1) is 12.4 Å². The van der Waals surface area contributed by atoms with Crippen molar-refractivity contribution in [2.75, 3.05) is 12.4 Å². The van der Waals surface area contributed by atoms with E-state index in [0.717, 1.165) is 27.6 Å². The second kappa shape index (κ2) is 8.31. The van der Waals surface area contributed by atoms with Crippen LogP contribution < -0.4 is 9.47 Å². The molecule has 140 valence electrons. The van der Waals surface area contributed by atoms with Crippen LogP contribution in [0.5, 0.6) is 5.75 Å². The maximum absolute atomic E-state index is 12.7. The number of pyridine rings is 1. The van der Waals surface area contributed by atoms with Gasteiger partial charge < -0.3 is 14.5 Å². The minimum Gasteiger partial charge on any atom is -0.618 e. The van der Waals surface area contributed by atoms with Gasteiger partial charge in [-0.15, -0.1) is 0 Å². The molecule has 3 rings (SSSR count). The zero-order chi connectivity index (χ0) is 19.4. The van der Waals surface area contributed by atoms with Crippen LogP contribution in [-0.2, 0) is 0 Å². The summed E-state index contributed by atoms with van der Waals surface area (Å²) in [6.07, 6.45) is 1.44. The summed E-state index contributed by atoms with van der Waals surface area (Å²) in [5, 5.41) is 12.2. The number of ketones is 1. The minimum atomic E-state index is 0.00846. The molecule has 0 atom stereocenters. The zero-order valence-electron chi connectivity index (χ0n) is 15.6. The molecule has 0 fully saturated rings. The Morgan fingerprint density at radius 2 is 1.93 bits per heavy atom. The number of carbonyl (C=O) groups is 1. The number of aryl methyl sites for hydroxylation is 1. The highest BCUT2D eigenvalue weighted by atomic mass is 32.2. The van der Waals surface area contributed by atoms with E-state index in [-0.39, 0.29) is 11.5 Å². The number of rotatable bonds is 7. The van der Waals surface area contributed by atoms with Crippen LogP contribution in [0.1, 0.15) is 28.7 Å². The lowest BCUT2D eigenvalue weighted by Gasteiger charge is -2.11. The molecule has 6 heteroatoms. The molecular weight excluding hydrogens is 360 g/mol. The molecule has 0 N–H and O–H groups in total. The van der Waals surface area contributed by atoms with Crippen LogP contribution in [0.25, 0.3) is 5.69 Å². The smallest absolute Gasteiger partial charge is 0.251 e. The standard InChI is InChI=1S/C21H22N2O3S/c1-4-26-18-10-8-17(9-11-18)23-15(2)13-19(16(23)3)20(24)14-27-21-7-5-6-12-22(21)25/h5-13H,4,14H2,1-3H3. The van der Waals surface area contributed by atoms with Crippen molar-refractivity contribution < 1.29 is 14.3 Å². The third-order valence-corrected chi connectivity index (χ3v) is 5.30. The number of nitrogens with zero attached hydrogens (tertiary/aromatic N) is 2. The SMILES string of the molecule is CCOc1ccc(-n2c(C)cc(C(=O)CSc3cccc[n+]3[O-])c2C)cc1. The van der Waals surface area contributed by atoms with Crippen LogP contribution in [0, 0.1) is 19.1 Å². The van der Waals surface area contributed by atoms with Crippen LogP contribution >= 0.6 is 11.8 Å². The number of Topliss-reactive ketones (excluding diaryl/α,β-unsaturated/α-hetero) is 1. The normalized spacial score (nSPS) is 10.8. The van der Waals surface area contributed by atoms with Crippen molar-refractivity contribution in [3.05, 3.63) is 76.9 Å². The Morgan fingerprint density at radius 1 is 1.19 bits per heavy atom. The summed E-state index contributed by atoms with van der Waals surface area (Å²) in [6.45, 7) is 6.50. The molecule has 0 radical (unpaired) electrons. The fourth-order valence-electron chi connectivity index (χ4n) is 3.04. The Balaban J connectivity index is 1.80. The highest BCUT2D eigenvalue weighted by molar-refractivity contribution is 7.99. The summed E-state index contributed by atoms with van der Waals surface area (Å²) in [7, 11) is 0. The van der Waals surface area contributed by atoms with Gasteiger partial charge in [0.25, 0.3) is 5.03 Å². The third kappa shape index (κ3) is 4.17. The van der Waals surface area contributed by atoms with Gasteiger partial charge in [0.15, 0.2) is 12.0 Å². The third-order valence-electron chi connectivity index (χ3n) is 4.28.